The molecule has 102 valence electrons. The number of ether oxygens (including phenoxy) is 1. The van der Waals surface area contributed by atoms with Crippen LogP contribution in [0.25, 0.3) is 0 Å². The minimum atomic E-state index is -0.619. The largest absolute Gasteiger partial charge is 0.390 e. The summed E-state index contributed by atoms with van der Waals surface area (Å²) in [6, 6.07) is 10.4. The van der Waals surface area contributed by atoms with Crippen LogP contribution in [0.4, 0.5) is 0 Å². The molecule has 0 heterocycles. The normalized spacial score (nSPS) is 11.7. The zero-order valence-electron chi connectivity index (χ0n) is 11.5. The fourth-order valence-corrected chi connectivity index (χ4v) is 1.55. The molecule has 0 unspecified atom stereocenters. The predicted octanol–water partition coefficient (Wildman–Crippen LogP) is 2.34. The maximum atomic E-state index is 9.49. The van der Waals surface area contributed by atoms with E-state index in [0.29, 0.717) is 13.0 Å². The van der Waals surface area contributed by atoms with Gasteiger partial charge >= 0.3 is 0 Å². The highest BCUT2D eigenvalue weighted by Gasteiger charge is 2.11. The van der Waals surface area contributed by atoms with Crippen LogP contribution in [0.3, 0.4) is 0 Å². The smallest absolute Gasteiger partial charge is 0.0613 e. The Morgan fingerprint density at radius 2 is 1.89 bits per heavy atom. The van der Waals surface area contributed by atoms with Crippen LogP contribution in [-0.4, -0.2) is 30.5 Å². The lowest BCUT2D eigenvalue weighted by Gasteiger charge is -2.16. The number of rotatable bonds is 9. The van der Waals surface area contributed by atoms with E-state index in [9.17, 15) is 5.11 Å². The zero-order chi connectivity index (χ0) is 13.3. The van der Waals surface area contributed by atoms with Crippen LogP contribution in [0.1, 0.15) is 32.3 Å². The highest BCUT2D eigenvalue weighted by Crippen LogP contribution is 2.06. The third-order valence-electron chi connectivity index (χ3n) is 2.67. The first-order chi connectivity index (χ1) is 8.58. The van der Waals surface area contributed by atoms with E-state index in [4.69, 9.17) is 4.74 Å². The van der Waals surface area contributed by atoms with E-state index in [2.05, 4.69) is 29.6 Å². The molecule has 0 aromatic heterocycles. The first kappa shape index (κ1) is 15.2. The third kappa shape index (κ3) is 8.23. The van der Waals surface area contributed by atoms with Gasteiger partial charge in [0.2, 0.25) is 0 Å². The monoisotopic (exact) mass is 251 g/mol. The summed E-state index contributed by atoms with van der Waals surface area (Å²) in [5, 5.41) is 12.9. The first-order valence-electron chi connectivity index (χ1n) is 6.63. The Balaban J connectivity index is 1.90. The second kappa shape index (κ2) is 8.25. The fraction of sp³-hybridized carbons (Fsp3) is 0.600. The van der Waals surface area contributed by atoms with Crippen molar-refractivity contribution in [2.45, 2.75) is 38.8 Å². The number of aliphatic hydroxyl groups is 1. The van der Waals surface area contributed by atoms with Gasteiger partial charge in [-0.1, -0.05) is 30.3 Å². The van der Waals surface area contributed by atoms with Crippen molar-refractivity contribution in [3.8, 4) is 0 Å². The Morgan fingerprint density at radius 3 is 2.56 bits per heavy atom. The lowest BCUT2D eigenvalue weighted by molar-refractivity contribution is 0.0279. The van der Waals surface area contributed by atoms with Gasteiger partial charge < -0.3 is 15.2 Å². The highest BCUT2D eigenvalue weighted by atomic mass is 16.5. The quantitative estimate of drug-likeness (QED) is 0.662. The molecule has 3 heteroatoms. The molecule has 3 nitrogen and oxygen atoms in total. The molecule has 0 radical (unpaired) electrons. The number of hydrogen-bond acceptors (Lipinski definition) is 3. The van der Waals surface area contributed by atoms with Crippen molar-refractivity contribution in [2.24, 2.45) is 0 Å². The molecule has 0 atom stereocenters. The molecule has 0 aliphatic carbocycles. The van der Waals surface area contributed by atoms with Gasteiger partial charge in [-0.05, 0) is 38.8 Å². The van der Waals surface area contributed by atoms with E-state index in [-0.39, 0.29) is 0 Å². The molecule has 0 aliphatic heterocycles. The van der Waals surface area contributed by atoms with Gasteiger partial charge in [-0.15, -0.1) is 0 Å². The van der Waals surface area contributed by atoms with E-state index in [1.807, 2.05) is 6.07 Å². The Kier molecular flexibility index (Phi) is 6.94. The molecule has 0 amide bonds. The van der Waals surface area contributed by atoms with Crippen molar-refractivity contribution in [2.75, 3.05) is 19.8 Å². The fourth-order valence-electron chi connectivity index (χ4n) is 1.55. The summed E-state index contributed by atoms with van der Waals surface area (Å²) in [6.07, 6.45) is 1.68. The van der Waals surface area contributed by atoms with Crippen LogP contribution < -0.4 is 5.32 Å². The van der Waals surface area contributed by atoms with Gasteiger partial charge in [-0.25, -0.2) is 0 Å². The summed E-state index contributed by atoms with van der Waals surface area (Å²) < 4.78 is 5.46. The van der Waals surface area contributed by atoms with Crippen LogP contribution in [0, 0.1) is 0 Å². The molecule has 1 aromatic rings. The van der Waals surface area contributed by atoms with Crippen molar-refractivity contribution < 1.29 is 9.84 Å². The molecule has 0 saturated heterocycles. The molecule has 0 aliphatic rings. The molecule has 0 saturated carbocycles. The van der Waals surface area contributed by atoms with Gasteiger partial charge in [0.15, 0.2) is 0 Å². The SMILES string of the molecule is CC(C)(O)CCOCCCNCc1ccccc1. The van der Waals surface area contributed by atoms with Gasteiger partial charge in [0.1, 0.15) is 0 Å². The number of hydrogen-bond donors (Lipinski definition) is 2. The summed E-state index contributed by atoms with van der Waals surface area (Å²) in [6.45, 7) is 6.84. The van der Waals surface area contributed by atoms with Crippen LogP contribution in [0.2, 0.25) is 0 Å². The second-order valence-electron chi connectivity index (χ2n) is 5.19. The van der Waals surface area contributed by atoms with Crippen LogP contribution >= 0.6 is 0 Å². The summed E-state index contributed by atoms with van der Waals surface area (Å²) >= 11 is 0. The number of benzene rings is 1. The summed E-state index contributed by atoms with van der Waals surface area (Å²) in [5.74, 6) is 0. The average molecular weight is 251 g/mol. The van der Waals surface area contributed by atoms with E-state index >= 15 is 0 Å². The maximum absolute atomic E-state index is 9.49. The van der Waals surface area contributed by atoms with Crippen molar-refractivity contribution in [3.05, 3.63) is 35.9 Å². The lowest BCUT2D eigenvalue weighted by Crippen LogP contribution is -2.21. The minimum absolute atomic E-state index is 0.619. The van der Waals surface area contributed by atoms with Crippen molar-refractivity contribution in [3.63, 3.8) is 0 Å². The van der Waals surface area contributed by atoms with E-state index in [1.54, 1.807) is 13.8 Å². The standard InChI is InChI=1S/C15H25NO2/c1-15(2,17)9-12-18-11-6-10-16-13-14-7-4-3-5-8-14/h3-5,7-8,16-17H,6,9-13H2,1-2H3. The van der Waals surface area contributed by atoms with Crippen molar-refractivity contribution in [1.29, 1.82) is 0 Å². The molecule has 0 spiro atoms. The molecule has 18 heavy (non-hydrogen) atoms. The first-order valence-corrected chi connectivity index (χ1v) is 6.63. The van der Waals surface area contributed by atoms with Crippen LogP contribution in [-0.2, 0) is 11.3 Å². The number of nitrogens with one attached hydrogen (secondary N) is 1. The van der Waals surface area contributed by atoms with Gasteiger partial charge in [0.25, 0.3) is 0 Å². The molecule has 1 aromatic carbocycles. The topological polar surface area (TPSA) is 41.5 Å². The summed E-state index contributed by atoms with van der Waals surface area (Å²) in [7, 11) is 0. The molecule has 0 fully saturated rings. The maximum Gasteiger partial charge on any atom is 0.0613 e. The Labute approximate surface area is 110 Å². The molecular formula is C15H25NO2. The molecule has 1 rings (SSSR count). The minimum Gasteiger partial charge on any atom is -0.390 e. The average Bonchev–Trinajstić information content (AvgIpc) is 2.32. The van der Waals surface area contributed by atoms with E-state index < -0.39 is 5.60 Å². The molecule has 2 N–H and O–H groups in total. The van der Waals surface area contributed by atoms with Crippen LogP contribution in [0.5, 0.6) is 0 Å². The van der Waals surface area contributed by atoms with Gasteiger partial charge in [0.05, 0.1) is 5.60 Å². The predicted molar refractivity (Wildman–Crippen MR) is 74.5 cm³/mol. The van der Waals surface area contributed by atoms with Gasteiger partial charge in [0, 0.05) is 19.8 Å². The summed E-state index contributed by atoms with van der Waals surface area (Å²) in [5.41, 5.74) is 0.686. The Hall–Kier alpha value is -0.900. The molecule has 0 bridgehead atoms. The van der Waals surface area contributed by atoms with Crippen molar-refractivity contribution >= 4 is 0 Å². The van der Waals surface area contributed by atoms with Gasteiger partial charge in [-0.2, -0.15) is 0 Å². The van der Waals surface area contributed by atoms with E-state index in [1.165, 1.54) is 5.56 Å². The van der Waals surface area contributed by atoms with Crippen LogP contribution in [0.15, 0.2) is 30.3 Å². The third-order valence-corrected chi connectivity index (χ3v) is 2.67. The Morgan fingerprint density at radius 1 is 1.17 bits per heavy atom. The Bertz CT molecular complexity index is 306. The second-order valence-corrected chi connectivity index (χ2v) is 5.19. The zero-order valence-corrected chi connectivity index (χ0v) is 11.5. The summed E-state index contributed by atoms with van der Waals surface area (Å²) in [4.78, 5) is 0. The van der Waals surface area contributed by atoms with E-state index in [0.717, 1.165) is 26.1 Å². The highest BCUT2D eigenvalue weighted by molar-refractivity contribution is 5.14. The molecular weight excluding hydrogens is 226 g/mol. The lowest BCUT2D eigenvalue weighted by atomic mass is 10.1. The van der Waals surface area contributed by atoms with Crippen molar-refractivity contribution in [1.82, 2.24) is 5.32 Å². The van der Waals surface area contributed by atoms with Gasteiger partial charge in [-0.3, -0.25) is 0 Å².